The summed E-state index contributed by atoms with van der Waals surface area (Å²) in [6, 6.07) is 7.72. The Hall–Kier alpha value is -1.21. The molecule has 1 aromatic carbocycles. The van der Waals surface area contributed by atoms with Crippen molar-refractivity contribution in [3.05, 3.63) is 41.5 Å². The molecule has 0 heterocycles. The van der Waals surface area contributed by atoms with Crippen LogP contribution in [0, 0.1) is 17.3 Å². The van der Waals surface area contributed by atoms with E-state index < -0.39 is 5.97 Å². The number of rotatable bonds is 6. The summed E-state index contributed by atoms with van der Waals surface area (Å²) in [5.74, 6) is 5.54. The first-order valence-electron chi connectivity index (χ1n) is 9.68. The van der Waals surface area contributed by atoms with E-state index in [9.17, 15) is 4.79 Å². The van der Waals surface area contributed by atoms with Crippen LogP contribution in [0.4, 0.5) is 0 Å². The molecular weight excluding hydrogens is 347 g/mol. The zero-order chi connectivity index (χ0) is 18.4. The van der Waals surface area contributed by atoms with Crippen molar-refractivity contribution in [1.29, 1.82) is 0 Å². The molecule has 4 heteroatoms. The van der Waals surface area contributed by atoms with Gasteiger partial charge in [0.05, 0.1) is 12.3 Å². The predicted octanol–water partition coefficient (Wildman–Crippen LogP) is 4.67. The van der Waals surface area contributed by atoms with E-state index in [1.54, 1.807) is 6.92 Å². The number of carboxylic acid groups (broad SMARTS) is 1. The topological polar surface area (TPSA) is 46.5 Å². The fourth-order valence-electron chi connectivity index (χ4n) is 4.41. The van der Waals surface area contributed by atoms with Crippen molar-refractivity contribution in [2.45, 2.75) is 64.2 Å². The second-order valence-corrected chi connectivity index (χ2v) is 7.63. The maximum absolute atomic E-state index is 11.0. The minimum absolute atomic E-state index is 0. The van der Waals surface area contributed by atoms with Crippen LogP contribution in [-0.2, 0) is 4.79 Å². The molecule has 1 spiro atoms. The Kier molecular flexibility index (Phi) is 8.48. The van der Waals surface area contributed by atoms with Crippen molar-refractivity contribution in [3.8, 4) is 17.6 Å². The average Bonchev–Trinajstić information content (AvgIpc) is 3.07. The fraction of sp³-hybridized carbons (Fsp3) is 0.522. The molecular formula is C23H29NaO3. The third-order valence-electron chi connectivity index (χ3n) is 5.69. The van der Waals surface area contributed by atoms with Gasteiger partial charge in [-0.15, -0.1) is 5.92 Å². The summed E-state index contributed by atoms with van der Waals surface area (Å²) in [5, 5.41) is 9.04. The Labute approximate surface area is 184 Å². The molecule has 0 saturated heterocycles. The van der Waals surface area contributed by atoms with Gasteiger partial charge in [-0.05, 0) is 67.7 Å². The van der Waals surface area contributed by atoms with Crippen LogP contribution in [0.3, 0.4) is 0 Å². The third kappa shape index (κ3) is 6.14. The van der Waals surface area contributed by atoms with E-state index in [4.69, 9.17) is 9.84 Å². The van der Waals surface area contributed by atoms with Gasteiger partial charge in [0.25, 0.3) is 0 Å². The molecule has 1 saturated carbocycles. The summed E-state index contributed by atoms with van der Waals surface area (Å²) in [6.45, 7) is 2.40. The Balaban J connectivity index is 0.00000261. The molecule has 27 heavy (non-hydrogen) atoms. The first kappa shape index (κ1) is 22.1. The quantitative estimate of drug-likeness (QED) is 0.446. The fourth-order valence-corrected chi connectivity index (χ4v) is 4.41. The summed E-state index contributed by atoms with van der Waals surface area (Å²) < 4.78 is 6.00. The van der Waals surface area contributed by atoms with Gasteiger partial charge >= 0.3 is 35.5 Å². The normalized spacial score (nSPS) is 18.6. The number of carbonyl (C=O) groups is 1. The molecule has 2 aliphatic carbocycles. The molecule has 1 aromatic rings. The van der Waals surface area contributed by atoms with E-state index in [0.29, 0.717) is 12.0 Å². The molecule has 1 atom stereocenters. The number of benzene rings is 1. The number of ether oxygens (including phenoxy) is 1. The molecule has 0 amide bonds. The standard InChI is InChI=1S/C23H28O3.Na.H/c1-2-6-20(15-22(24)25)19-8-10-21(11-9-19)26-17-18-7-5-14-23(16-18)12-3-4-13-23;;/h8-11,16,20H,3-5,7,12-15,17H2,1H3,(H,24,25);;/t20-;;/m0../s1. The van der Waals surface area contributed by atoms with E-state index in [-0.39, 0.29) is 41.9 Å². The third-order valence-corrected chi connectivity index (χ3v) is 5.69. The number of hydrogen-bond donors (Lipinski definition) is 1. The Bertz CT molecular complexity index is 718. The van der Waals surface area contributed by atoms with E-state index >= 15 is 0 Å². The van der Waals surface area contributed by atoms with Crippen LogP contribution >= 0.6 is 0 Å². The van der Waals surface area contributed by atoms with E-state index in [2.05, 4.69) is 17.9 Å². The van der Waals surface area contributed by atoms with Crippen LogP contribution in [0.25, 0.3) is 0 Å². The SMILES string of the molecule is CC#C[C@@H](CC(=O)O)c1ccc(OCC2=CC3(CCCC3)CCC2)cc1.[NaH]. The number of allylic oxidation sites excluding steroid dienone is 1. The zero-order valence-corrected chi connectivity index (χ0v) is 15.6. The molecule has 1 N–H and O–H groups in total. The Morgan fingerprint density at radius 1 is 1.19 bits per heavy atom. The number of hydrogen-bond acceptors (Lipinski definition) is 2. The van der Waals surface area contributed by atoms with Crippen LogP contribution in [0.15, 0.2) is 35.9 Å². The van der Waals surface area contributed by atoms with Gasteiger partial charge in [0.15, 0.2) is 0 Å². The maximum atomic E-state index is 11.0. The molecule has 2 aliphatic rings. The van der Waals surface area contributed by atoms with Gasteiger partial charge in [-0.25, -0.2) is 0 Å². The first-order chi connectivity index (χ1) is 12.6. The molecule has 0 aliphatic heterocycles. The Morgan fingerprint density at radius 3 is 2.48 bits per heavy atom. The first-order valence-corrected chi connectivity index (χ1v) is 9.68. The van der Waals surface area contributed by atoms with E-state index in [1.807, 2.05) is 24.3 Å². The second-order valence-electron chi connectivity index (χ2n) is 7.63. The molecule has 1 fully saturated rings. The van der Waals surface area contributed by atoms with Gasteiger partial charge in [0.2, 0.25) is 0 Å². The summed E-state index contributed by atoms with van der Waals surface area (Å²) >= 11 is 0. The Morgan fingerprint density at radius 2 is 1.85 bits per heavy atom. The average molecular weight is 376 g/mol. The van der Waals surface area contributed by atoms with Crippen LogP contribution in [0.2, 0.25) is 0 Å². The van der Waals surface area contributed by atoms with Crippen molar-refractivity contribution >= 4 is 35.5 Å². The van der Waals surface area contributed by atoms with Gasteiger partial charge in [0, 0.05) is 0 Å². The minimum atomic E-state index is -0.830. The van der Waals surface area contributed by atoms with Crippen LogP contribution in [0.1, 0.15) is 69.8 Å². The van der Waals surface area contributed by atoms with Crippen LogP contribution in [0.5, 0.6) is 5.75 Å². The molecule has 0 radical (unpaired) electrons. The van der Waals surface area contributed by atoms with Crippen molar-refractivity contribution in [1.82, 2.24) is 0 Å². The van der Waals surface area contributed by atoms with E-state index in [1.165, 1.54) is 44.1 Å². The van der Waals surface area contributed by atoms with Crippen molar-refractivity contribution in [2.75, 3.05) is 6.61 Å². The molecule has 0 bridgehead atoms. The monoisotopic (exact) mass is 376 g/mol. The van der Waals surface area contributed by atoms with Crippen molar-refractivity contribution < 1.29 is 14.6 Å². The van der Waals surface area contributed by atoms with E-state index in [0.717, 1.165) is 17.7 Å². The summed E-state index contributed by atoms with van der Waals surface area (Å²) in [7, 11) is 0. The van der Waals surface area contributed by atoms with Crippen LogP contribution in [-0.4, -0.2) is 47.2 Å². The zero-order valence-electron chi connectivity index (χ0n) is 15.6. The van der Waals surface area contributed by atoms with Crippen molar-refractivity contribution in [3.63, 3.8) is 0 Å². The summed E-state index contributed by atoms with van der Waals surface area (Å²) in [5.41, 5.74) is 2.82. The number of carboxylic acids is 1. The second kappa shape index (κ2) is 10.4. The molecule has 0 unspecified atom stereocenters. The molecule has 3 rings (SSSR count). The van der Waals surface area contributed by atoms with Gasteiger partial charge in [-0.2, -0.15) is 0 Å². The molecule has 140 valence electrons. The van der Waals surface area contributed by atoms with Gasteiger partial charge in [-0.1, -0.05) is 37.0 Å². The van der Waals surface area contributed by atoms with Gasteiger partial charge in [-0.3, -0.25) is 4.79 Å². The number of aliphatic carboxylic acids is 1. The van der Waals surface area contributed by atoms with Gasteiger partial charge < -0.3 is 9.84 Å². The van der Waals surface area contributed by atoms with Gasteiger partial charge in [0.1, 0.15) is 12.4 Å². The molecule has 3 nitrogen and oxygen atoms in total. The van der Waals surface area contributed by atoms with Crippen LogP contribution < -0.4 is 4.74 Å². The van der Waals surface area contributed by atoms with Crippen molar-refractivity contribution in [2.24, 2.45) is 5.41 Å². The predicted molar refractivity (Wildman–Crippen MR) is 110 cm³/mol. The molecule has 0 aromatic heterocycles. The summed E-state index contributed by atoms with van der Waals surface area (Å²) in [6.07, 6.45) is 11.7. The summed E-state index contributed by atoms with van der Waals surface area (Å²) in [4.78, 5) is 11.0.